The van der Waals surface area contributed by atoms with Crippen LogP contribution in [0.1, 0.15) is 12.8 Å². The van der Waals surface area contributed by atoms with Crippen LogP contribution >= 0.6 is 0 Å². The minimum absolute atomic E-state index is 0.223. The molecule has 1 heterocycles. The molecule has 1 N–H and O–H groups in total. The van der Waals surface area contributed by atoms with E-state index in [0.29, 0.717) is 0 Å². The molecule has 0 radical (unpaired) electrons. The highest BCUT2D eigenvalue weighted by atomic mass is 32.2. The van der Waals surface area contributed by atoms with Crippen molar-refractivity contribution in [3.8, 4) is 0 Å². The number of hydrogen-bond acceptors (Lipinski definition) is 1. The Morgan fingerprint density at radius 1 is 1.14 bits per heavy atom. The zero-order valence-electron chi connectivity index (χ0n) is 7.93. The fraction of sp³-hybridized carbons (Fsp3) is 0.400. The fourth-order valence-electron chi connectivity index (χ4n) is 2.05. The van der Waals surface area contributed by atoms with E-state index >= 15 is 0 Å². The third kappa shape index (κ3) is 1.49. The number of quaternary nitrogens is 1. The van der Waals surface area contributed by atoms with E-state index in [4.69, 9.17) is 0 Å². The average Bonchev–Trinajstić information content (AvgIpc) is 2.69. The predicted octanol–water partition coefficient (Wildman–Crippen LogP) is 1.92. The van der Waals surface area contributed by atoms with Gasteiger partial charge in [-0.3, -0.25) is 4.55 Å². The van der Waals surface area contributed by atoms with E-state index in [1.165, 1.54) is 0 Å². The Hall–Kier alpha value is -0.710. The van der Waals surface area contributed by atoms with Crippen molar-refractivity contribution in [3.63, 3.8) is 0 Å². The second-order valence-electron chi connectivity index (χ2n) is 3.61. The van der Waals surface area contributed by atoms with Crippen LogP contribution in [0.3, 0.4) is 0 Å². The van der Waals surface area contributed by atoms with Gasteiger partial charge in [0, 0.05) is 25.0 Å². The molecule has 0 amide bonds. The minimum Gasteiger partial charge on any atom is -0.260 e. The van der Waals surface area contributed by atoms with E-state index in [0.717, 1.165) is 31.6 Å². The largest absolute Gasteiger partial charge is 0.363 e. The molecule has 1 aliphatic rings. The molecule has 1 aromatic rings. The maximum absolute atomic E-state index is 11.4. The summed E-state index contributed by atoms with van der Waals surface area (Å²) in [7, 11) is 0. The molecule has 0 saturated carbocycles. The first kappa shape index (κ1) is 9.83. The van der Waals surface area contributed by atoms with Crippen molar-refractivity contribution in [2.75, 3.05) is 13.1 Å². The van der Waals surface area contributed by atoms with Crippen LogP contribution in [0.25, 0.3) is 0 Å². The molecule has 1 aliphatic heterocycles. The van der Waals surface area contributed by atoms with E-state index in [-0.39, 0.29) is 3.89 Å². The van der Waals surface area contributed by atoms with E-state index in [2.05, 4.69) is 0 Å². The van der Waals surface area contributed by atoms with Crippen LogP contribution < -0.4 is 3.89 Å². The highest BCUT2D eigenvalue weighted by molar-refractivity contribution is 7.78. The van der Waals surface area contributed by atoms with Gasteiger partial charge in [-0.2, -0.15) is 8.10 Å². The molecular weight excluding hydrogens is 198 g/mol. The normalized spacial score (nSPS) is 22.1. The molecule has 4 heteroatoms. The van der Waals surface area contributed by atoms with Crippen LogP contribution in [-0.2, 0) is 11.3 Å². The van der Waals surface area contributed by atoms with Gasteiger partial charge in [-0.1, -0.05) is 18.2 Å². The average molecular weight is 212 g/mol. The lowest BCUT2D eigenvalue weighted by atomic mass is 10.3. The molecule has 14 heavy (non-hydrogen) atoms. The Morgan fingerprint density at radius 3 is 2.21 bits per heavy atom. The smallest absolute Gasteiger partial charge is 0.260 e. The van der Waals surface area contributed by atoms with Gasteiger partial charge in [-0.15, -0.1) is 0 Å². The van der Waals surface area contributed by atoms with Crippen LogP contribution in [-0.4, -0.2) is 21.9 Å². The predicted molar refractivity (Wildman–Crippen MR) is 58.0 cm³/mol. The monoisotopic (exact) mass is 212 g/mol. The quantitative estimate of drug-likeness (QED) is 0.600. The molecule has 1 fully saturated rings. The summed E-state index contributed by atoms with van der Waals surface area (Å²) in [5.74, 6) is 0. The molecular formula is C10H14NO2S+. The second-order valence-corrected chi connectivity index (χ2v) is 4.77. The van der Waals surface area contributed by atoms with Gasteiger partial charge >= 0.3 is 11.3 Å². The summed E-state index contributed by atoms with van der Waals surface area (Å²) in [6.45, 7) is 1.54. The SMILES string of the molecule is O=S(O)[N+]1(c2ccccc2)CCCC1. The molecule has 1 atom stereocenters. The lowest BCUT2D eigenvalue weighted by Gasteiger charge is -2.27. The van der Waals surface area contributed by atoms with Crippen molar-refractivity contribution in [1.82, 2.24) is 3.89 Å². The summed E-state index contributed by atoms with van der Waals surface area (Å²) in [6, 6.07) is 9.62. The van der Waals surface area contributed by atoms with Gasteiger partial charge in [0.2, 0.25) is 0 Å². The standard InChI is InChI=1S/C10H13NO2S/c12-14(13)11(8-4-5-9-11)10-6-2-1-3-7-10/h1-3,6-7H,4-5,8-9H2/p+1. The first-order chi connectivity index (χ1) is 6.76. The summed E-state index contributed by atoms with van der Waals surface area (Å²) < 4.78 is 21.0. The molecule has 3 nitrogen and oxygen atoms in total. The summed E-state index contributed by atoms with van der Waals surface area (Å²) in [5.41, 5.74) is 0.950. The molecule has 0 bridgehead atoms. The first-order valence-corrected chi connectivity index (χ1v) is 5.86. The third-order valence-electron chi connectivity index (χ3n) is 2.81. The Morgan fingerprint density at radius 2 is 1.71 bits per heavy atom. The topological polar surface area (TPSA) is 37.3 Å². The van der Waals surface area contributed by atoms with Crippen molar-refractivity contribution in [2.45, 2.75) is 12.8 Å². The highest BCUT2D eigenvalue weighted by Gasteiger charge is 2.40. The summed E-state index contributed by atoms with van der Waals surface area (Å²) in [6.07, 6.45) is 2.06. The van der Waals surface area contributed by atoms with Gasteiger partial charge in [-0.25, -0.2) is 0 Å². The third-order valence-corrected chi connectivity index (χ3v) is 3.99. The van der Waals surface area contributed by atoms with Crippen LogP contribution in [0.4, 0.5) is 5.69 Å². The molecule has 1 saturated heterocycles. The van der Waals surface area contributed by atoms with Crippen molar-refractivity contribution in [2.24, 2.45) is 0 Å². The van der Waals surface area contributed by atoms with Crippen molar-refractivity contribution >= 4 is 17.0 Å². The number of para-hydroxylation sites is 1. The van der Waals surface area contributed by atoms with Crippen LogP contribution in [0, 0.1) is 0 Å². The van der Waals surface area contributed by atoms with Crippen molar-refractivity contribution in [3.05, 3.63) is 30.3 Å². The van der Waals surface area contributed by atoms with Gasteiger partial charge < -0.3 is 0 Å². The summed E-state index contributed by atoms with van der Waals surface area (Å²) >= 11 is -1.81. The molecule has 0 aromatic heterocycles. The Bertz CT molecular complexity index is 333. The van der Waals surface area contributed by atoms with E-state index in [1.807, 2.05) is 30.3 Å². The minimum atomic E-state index is -1.81. The molecule has 1 aromatic carbocycles. The maximum Gasteiger partial charge on any atom is 0.363 e. The molecule has 76 valence electrons. The van der Waals surface area contributed by atoms with Gasteiger partial charge in [0.1, 0.15) is 5.69 Å². The van der Waals surface area contributed by atoms with Crippen molar-refractivity contribution < 1.29 is 8.76 Å². The fourth-order valence-corrected chi connectivity index (χ4v) is 2.92. The highest BCUT2D eigenvalue weighted by Crippen LogP contribution is 2.30. The van der Waals surface area contributed by atoms with E-state index < -0.39 is 11.3 Å². The zero-order chi connectivity index (χ0) is 10.0. The molecule has 1 unspecified atom stereocenters. The summed E-state index contributed by atoms with van der Waals surface area (Å²) in [4.78, 5) is 0. The van der Waals surface area contributed by atoms with Gasteiger partial charge in [0.25, 0.3) is 0 Å². The van der Waals surface area contributed by atoms with Crippen LogP contribution in [0.5, 0.6) is 0 Å². The number of benzene rings is 1. The van der Waals surface area contributed by atoms with Crippen LogP contribution in [0.2, 0.25) is 0 Å². The molecule has 0 aliphatic carbocycles. The van der Waals surface area contributed by atoms with Gasteiger partial charge in [0.05, 0.1) is 13.1 Å². The Balaban J connectivity index is 2.42. The lowest BCUT2D eigenvalue weighted by molar-refractivity contribution is 0.446. The Labute approximate surface area is 86.4 Å². The van der Waals surface area contributed by atoms with Gasteiger partial charge in [0.15, 0.2) is 0 Å². The lowest BCUT2D eigenvalue weighted by Crippen LogP contribution is -2.47. The second kappa shape index (κ2) is 3.81. The maximum atomic E-state index is 11.4. The first-order valence-electron chi connectivity index (χ1n) is 4.80. The van der Waals surface area contributed by atoms with E-state index in [9.17, 15) is 8.76 Å². The molecule has 2 rings (SSSR count). The van der Waals surface area contributed by atoms with Crippen molar-refractivity contribution in [1.29, 1.82) is 0 Å². The van der Waals surface area contributed by atoms with Gasteiger partial charge in [-0.05, 0) is 0 Å². The zero-order valence-corrected chi connectivity index (χ0v) is 8.74. The molecule has 0 spiro atoms. The number of rotatable bonds is 2. The van der Waals surface area contributed by atoms with Crippen LogP contribution in [0.15, 0.2) is 30.3 Å². The number of hydrogen-bond donors (Lipinski definition) is 1. The summed E-state index contributed by atoms with van der Waals surface area (Å²) in [5, 5.41) is 0. The Kier molecular flexibility index (Phi) is 2.67. The van der Waals surface area contributed by atoms with E-state index in [1.54, 1.807) is 0 Å². The number of nitrogens with zero attached hydrogens (tertiary/aromatic N) is 1.